The van der Waals surface area contributed by atoms with Crippen molar-refractivity contribution in [2.45, 2.75) is 20.0 Å². The molecule has 0 unspecified atom stereocenters. The van der Waals surface area contributed by atoms with E-state index >= 15 is 0 Å². The summed E-state index contributed by atoms with van der Waals surface area (Å²) in [5, 5.41) is 11.7. The van der Waals surface area contributed by atoms with E-state index in [1.165, 1.54) is 6.07 Å². The van der Waals surface area contributed by atoms with Crippen molar-refractivity contribution in [2.75, 3.05) is 19.6 Å². The van der Waals surface area contributed by atoms with Gasteiger partial charge in [-0.3, -0.25) is 0 Å². The molecule has 0 aliphatic carbocycles. The molecule has 2 nitrogen and oxygen atoms in total. The van der Waals surface area contributed by atoms with Crippen LogP contribution in [0.4, 0.5) is 4.39 Å². The second-order valence-corrected chi connectivity index (χ2v) is 4.68. The lowest BCUT2D eigenvalue weighted by atomic mass is 9.99. The van der Waals surface area contributed by atoms with Crippen LogP contribution in [0.15, 0.2) is 36.4 Å². The fourth-order valence-corrected chi connectivity index (χ4v) is 2.40. The van der Waals surface area contributed by atoms with Gasteiger partial charge >= 0.3 is 0 Å². The van der Waals surface area contributed by atoms with E-state index in [1.54, 1.807) is 12.1 Å². The Hall–Kier alpha value is -1.45. The first-order valence-corrected chi connectivity index (χ1v) is 6.75. The van der Waals surface area contributed by atoms with Crippen LogP contribution in [0.2, 0.25) is 0 Å². The molecule has 0 bridgehead atoms. The summed E-state index contributed by atoms with van der Waals surface area (Å²) in [6.45, 7) is 6.50. The van der Waals surface area contributed by atoms with Gasteiger partial charge in [-0.2, -0.15) is 0 Å². The summed E-state index contributed by atoms with van der Waals surface area (Å²) in [4.78, 5) is 2.16. The van der Waals surface area contributed by atoms with Gasteiger partial charge < -0.3 is 10.0 Å². The van der Waals surface area contributed by atoms with Crippen molar-refractivity contribution in [2.24, 2.45) is 0 Å². The fourth-order valence-electron chi connectivity index (χ4n) is 2.40. The van der Waals surface area contributed by atoms with E-state index in [-0.39, 0.29) is 5.82 Å². The van der Waals surface area contributed by atoms with Gasteiger partial charge in [-0.15, -0.1) is 0 Å². The minimum Gasteiger partial charge on any atom is -0.387 e. The SMILES string of the molecule is CCN(CC)C[C@H](O)c1ccc(F)c2ccccc12. The number of likely N-dealkylation sites (N-methyl/N-ethyl adjacent to an activating group) is 1. The Balaban J connectivity index is 2.37. The molecule has 0 fully saturated rings. The van der Waals surface area contributed by atoms with Gasteiger partial charge in [0.05, 0.1) is 6.10 Å². The van der Waals surface area contributed by atoms with E-state index in [4.69, 9.17) is 0 Å². The molecule has 0 aliphatic rings. The van der Waals surface area contributed by atoms with Crippen LogP contribution in [0, 0.1) is 5.82 Å². The highest BCUT2D eigenvalue weighted by Gasteiger charge is 2.15. The Bertz CT molecular complexity index is 551. The zero-order valence-electron chi connectivity index (χ0n) is 11.4. The Kier molecular flexibility index (Phi) is 4.51. The molecule has 0 heterocycles. The van der Waals surface area contributed by atoms with Crippen molar-refractivity contribution in [1.82, 2.24) is 4.90 Å². The molecule has 0 aliphatic heterocycles. The molecule has 1 atom stereocenters. The van der Waals surface area contributed by atoms with Gasteiger partial charge in [-0.1, -0.05) is 44.2 Å². The Morgan fingerprint density at radius 1 is 1.05 bits per heavy atom. The van der Waals surface area contributed by atoms with Gasteiger partial charge in [0.25, 0.3) is 0 Å². The summed E-state index contributed by atoms with van der Waals surface area (Å²) < 4.78 is 13.7. The van der Waals surface area contributed by atoms with Gasteiger partial charge in [0.1, 0.15) is 5.82 Å². The van der Waals surface area contributed by atoms with Crippen LogP contribution in [-0.2, 0) is 0 Å². The Morgan fingerprint density at radius 2 is 1.68 bits per heavy atom. The van der Waals surface area contributed by atoms with Crippen LogP contribution in [-0.4, -0.2) is 29.6 Å². The maximum absolute atomic E-state index is 13.7. The number of benzene rings is 2. The number of halogens is 1. The maximum Gasteiger partial charge on any atom is 0.131 e. The zero-order chi connectivity index (χ0) is 13.8. The highest BCUT2D eigenvalue weighted by atomic mass is 19.1. The molecule has 2 aromatic rings. The van der Waals surface area contributed by atoms with Crippen molar-refractivity contribution in [3.8, 4) is 0 Å². The zero-order valence-corrected chi connectivity index (χ0v) is 11.4. The van der Waals surface area contributed by atoms with Crippen molar-refractivity contribution in [3.05, 3.63) is 47.8 Å². The number of fused-ring (bicyclic) bond motifs is 1. The van der Waals surface area contributed by atoms with E-state index < -0.39 is 6.10 Å². The van der Waals surface area contributed by atoms with Crippen LogP contribution in [0.3, 0.4) is 0 Å². The third-order valence-corrected chi connectivity index (χ3v) is 3.59. The molecule has 19 heavy (non-hydrogen) atoms. The van der Waals surface area contributed by atoms with Gasteiger partial charge in [-0.05, 0) is 30.1 Å². The van der Waals surface area contributed by atoms with Gasteiger partial charge in [0.15, 0.2) is 0 Å². The molecule has 0 amide bonds. The standard InChI is InChI=1S/C16H20FNO/c1-3-18(4-2)11-16(19)14-9-10-15(17)13-8-6-5-7-12(13)14/h5-10,16,19H,3-4,11H2,1-2H3/t16-/m0/s1. The molecule has 0 spiro atoms. The minimum atomic E-state index is -0.592. The number of rotatable bonds is 5. The topological polar surface area (TPSA) is 23.5 Å². The monoisotopic (exact) mass is 261 g/mol. The first kappa shape index (κ1) is 14.0. The quantitative estimate of drug-likeness (QED) is 0.892. The Morgan fingerprint density at radius 3 is 2.32 bits per heavy atom. The molecule has 1 N–H and O–H groups in total. The summed E-state index contributed by atoms with van der Waals surface area (Å²) in [6.07, 6.45) is -0.592. The maximum atomic E-state index is 13.7. The van der Waals surface area contributed by atoms with Crippen molar-refractivity contribution in [3.63, 3.8) is 0 Å². The largest absolute Gasteiger partial charge is 0.387 e. The molecule has 102 valence electrons. The Labute approximate surface area is 113 Å². The van der Waals surface area contributed by atoms with Crippen LogP contribution in [0.25, 0.3) is 10.8 Å². The molecule has 0 radical (unpaired) electrons. The van der Waals surface area contributed by atoms with E-state index in [9.17, 15) is 9.50 Å². The summed E-state index contributed by atoms with van der Waals surface area (Å²) in [6, 6.07) is 10.4. The molecule has 2 rings (SSSR count). The lowest BCUT2D eigenvalue weighted by molar-refractivity contribution is 0.120. The van der Waals surface area contributed by atoms with E-state index in [2.05, 4.69) is 18.7 Å². The van der Waals surface area contributed by atoms with Crippen molar-refractivity contribution in [1.29, 1.82) is 0 Å². The second-order valence-electron chi connectivity index (χ2n) is 4.68. The summed E-state index contributed by atoms with van der Waals surface area (Å²) >= 11 is 0. The first-order chi connectivity index (χ1) is 9.17. The van der Waals surface area contributed by atoms with E-state index in [1.807, 2.05) is 18.2 Å². The van der Waals surface area contributed by atoms with E-state index in [0.717, 1.165) is 24.0 Å². The first-order valence-electron chi connectivity index (χ1n) is 6.75. The summed E-state index contributed by atoms with van der Waals surface area (Å²) in [5.74, 6) is -0.241. The normalized spacial score (nSPS) is 13.1. The number of nitrogens with zero attached hydrogens (tertiary/aromatic N) is 1. The average Bonchev–Trinajstić information content (AvgIpc) is 2.45. The molecule has 3 heteroatoms. The minimum absolute atomic E-state index is 0.241. The number of aliphatic hydroxyl groups excluding tert-OH is 1. The highest BCUT2D eigenvalue weighted by Crippen LogP contribution is 2.26. The van der Waals surface area contributed by atoms with E-state index in [0.29, 0.717) is 11.9 Å². The summed E-state index contributed by atoms with van der Waals surface area (Å²) in [7, 11) is 0. The van der Waals surface area contributed by atoms with Crippen LogP contribution in [0.1, 0.15) is 25.5 Å². The fraction of sp³-hybridized carbons (Fsp3) is 0.375. The third-order valence-electron chi connectivity index (χ3n) is 3.59. The van der Waals surface area contributed by atoms with Crippen molar-refractivity contribution >= 4 is 10.8 Å². The summed E-state index contributed by atoms with van der Waals surface area (Å²) in [5.41, 5.74) is 0.795. The number of hydrogen-bond donors (Lipinski definition) is 1. The third kappa shape index (κ3) is 2.94. The van der Waals surface area contributed by atoms with Gasteiger partial charge in [0, 0.05) is 11.9 Å². The van der Waals surface area contributed by atoms with Gasteiger partial charge in [0.2, 0.25) is 0 Å². The lowest BCUT2D eigenvalue weighted by Gasteiger charge is -2.23. The van der Waals surface area contributed by atoms with Crippen molar-refractivity contribution < 1.29 is 9.50 Å². The average molecular weight is 261 g/mol. The van der Waals surface area contributed by atoms with Crippen LogP contribution in [0.5, 0.6) is 0 Å². The van der Waals surface area contributed by atoms with Gasteiger partial charge in [-0.25, -0.2) is 4.39 Å². The molecule has 0 saturated carbocycles. The molecular formula is C16H20FNO. The predicted molar refractivity (Wildman–Crippen MR) is 76.7 cm³/mol. The van der Waals surface area contributed by atoms with Crippen LogP contribution < -0.4 is 0 Å². The predicted octanol–water partition coefficient (Wildman–Crippen LogP) is 3.35. The smallest absolute Gasteiger partial charge is 0.131 e. The number of aliphatic hydroxyl groups is 1. The molecule has 0 saturated heterocycles. The lowest BCUT2D eigenvalue weighted by Crippen LogP contribution is -2.28. The molecule has 0 aromatic heterocycles. The molecule has 2 aromatic carbocycles. The van der Waals surface area contributed by atoms with Crippen LogP contribution >= 0.6 is 0 Å². The second kappa shape index (κ2) is 6.13. The number of hydrogen-bond acceptors (Lipinski definition) is 2. The molecular weight excluding hydrogens is 241 g/mol. The highest BCUT2D eigenvalue weighted by molar-refractivity contribution is 5.86.